The van der Waals surface area contributed by atoms with Crippen molar-refractivity contribution >= 4 is 5.91 Å². The molecule has 4 saturated carbocycles. The van der Waals surface area contributed by atoms with E-state index in [1.54, 1.807) is 6.07 Å². The van der Waals surface area contributed by atoms with Crippen LogP contribution in [0.2, 0.25) is 0 Å². The fourth-order valence-electron chi connectivity index (χ4n) is 6.77. The number of nitrogens with one attached hydrogen (secondary N) is 2. The fraction of sp³-hybridized carbons (Fsp3) is 0.727. The number of amides is 1. The van der Waals surface area contributed by atoms with Crippen LogP contribution < -0.4 is 10.9 Å². The van der Waals surface area contributed by atoms with E-state index in [0.29, 0.717) is 13.1 Å². The zero-order valence-electron chi connectivity index (χ0n) is 16.5. The van der Waals surface area contributed by atoms with Gasteiger partial charge in [0, 0.05) is 24.3 Å². The van der Waals surface area contributed by atoms with Gasteiger partial charge in [0.1, 0.15) is 5.56 Å². The molecule has 1 aliphatic heterocycles. The molecular weight excluding hydrogens is 354 g/mol. The largest absolute Gasteiger partial charge is 0.392 e. The number of β-amino-alcohol motifs (C(OH)–C–C–N with tert-alkyl or cyclic N) is 1. The lowest BCUT2D eigenvalue weighted by Crippen LogP contribution is -2.60. The Balaban J connectivity index is 1.27. The van der Waals surface area contributed by atoms with Gasteiger partial charge in [-0.3, -0.25) is 14.5 Å². The molecule has 5 aliphatic rings. The summed E-state index contributed by atoms with van der Waals surface area (Å²) in [5.74, 6) is 2.05. The Labute approximate surface area is 165 Å². The zero-order chi connectivity index (χ0) is 19.3. The van der Waals surface area contributed by atoms with Crippen LogP contribution in [0.1, 0.15) is 67.4 Å². The Hall–Kier alpha value is -1.66. The molecule has 2 heterocycles. The molecule has 0 aromatic carbocycles. The summed E-state index contributed by atoms with van der Waals surface area (Å²) in [6, 6.07) is 3.52. The van der Waals surface area contributed by atoms with E-state index in [2.05, 4.69) is 15.2 Å². The van der Waals surface area contributed by atoms with E-state index in [1.165, 1.54) is 19.3 Å². The minimum Gasteiger partial charge on any atom is -0.392 e. The summed E-state index contributed by atoms with van der Waals surface area (Å²) in [5, 5.41) is 13.1. The van der Waals surface area contributed by atoms with Crippen LogP contribution in [-0.2, 0) is 6.54 Å². The minimum atomic E-state index is -0.308. The van der Waals surface area contributed by atoms with E-state index < -0.39 is 0 Å². The summed E-state index contributed by atoms with van der Waals surface area (Å²) in [6.07, 6.45) is 8.76. The van der Waals surface area contributed by atoms with Gasteiger partial charge in [0.15, 0.2) is 0 Å². The molecule has 4 bridgehead atoms. The maximum atomic E-state index is 12.9. The molecule has 28 heavy (non-hydrogen) atoms. The number of hydrogen-bond acceptors (Lipinski definition) is 4. The van der Waals surface area contributed by atoms with Gasteiger partial charge in [0.2, 0.25) is 0 Å². The van der Waals surface area contributed by atoms with Crippen molar-refractivity contribution < 1.29 is 9.90 Å². The van der Waals surface area contributed by atoms with Crippen molar-refractivity contribution in [2.75, 3.05) is 13.1 Å². The van der Waals surface area contributed by atoms with Crippen LogP contribution in [0.5, 0.6) is 0 Å². The smallest absolute Gasteiger partial charge is 0.261 e. The Morgan fingerprint density at radius 2 is 1.86 bits per heavy atom. The standard InChI is InChI=1S/C22H31N3O3/c26-18-2-1-5-25(13-18)12-17-3-4-19(20(27)23-17)21(28)24-22-9-14-6-15(10-22)8-16(7-14)11-22/h3-4,14-16,18,26H,1-2,5-13H2,(H,23,27)(H,24,28). The predicted molar refractivity (Wildman–Crippen MR) is 106 cm³/mol. The fourth-order valence-corrected chi connectivity index (χ4v) is 6.77. The van der Waals surface area contributed by atoms with Crippen LogP contribution in [0, 0.1) is 17.8 Å². The first-order valence-electron chi connectivity index (χ1n) is 10.9. The maximum Gasteiger partial charge on any atom is 0.261 e. The Kier molecular flexibility index (Phi) is 4.59. The number of hydrogen-bond donors (Lipinski definition) is 3. The average Bonchev–Trinajstić information content (AvgIpc) is 2.60. The number of aliphatic hydroxyl groups excluding tert-OH is 1. The molecule has 6 heteroatoms. The third kappa shape index (κ3) is 3.52. The zero-order valence-corrected chi connectivity index (χ0v) is 16.5. The molecule has 1 aromatic heterocycles. The van der Waals surface area contributed by atoms with Crippen molar-refractivity contribution in [3.63, 3.8) is 0 Å². The second-order valence-electron chi connectivity index (χ2n) is 9.91. The van der Waals surface area contributed by atoms with E-state index in [4.69, 9.17) is 0 Å². The molecular formula is C22H31N3O3. The van der Waals surface area contributed by atoms with Gasteiger partial charge < -0.3 is 15.4 Å². The quantitative estimate of drug-likeness (QED) is 0.740. The van der Waals surface area contributed by atoms with Gasteiger partial charge in [-0.2, -0.15) is 0 Å². The van der Waals surface area contributed by atoms with Crippen molar-refractivity contribution in [3.05, 3.63) is 33.7 Å². The molecule has 0 radical (unpaired) electrons. The monoisotopic (exact) mass is 385 g/mol. The van der Waals surface area contributed by atoms with E-state index in [0.717, 1.165) is 62.1 Å². The lowest BCUT2D eigenvalue weighted by molar-refractivity contribution is -0.0167. The second kappa shape index (κ2) is 6.99. The Morgan fingerprint density at radius 1 is 1.18 bits per heavy atom. The molecule has 6 nitrogen and oxygen atoms in total. The highest BCUT2D eigenvalue weighted by molar-refractivity contribution is 5.94. The van der Waals surface area contributed by atoms with Gasteiger partial charge in [-0.1, -0.05) is 0 Å². The van der Waals surface area contributed by atoms with E-state index >= 15 is 0 Å². The van der Waals surface area contributed by atoms with Crippen LogP contribution in [0.4, 0.5) is 0 Å². The molecule has 0 spiro atoms. The Bertz CT molecular complexity index is 782. The first kappa shape index (κ1) is 18.4. The first-order valence-corrected chi connectivity index (χ1v) is 10.9. The van der Waals surface area contributed by atoms with Crippen LogP contribution in [-0.4, -0.2) is 45.6 Å². The molecule has 1 aromatic rings. The van der Waals surface area contributed by atoms with E-state index in [1.807, 2.05) is 6.07 Å². The number of carbonyl (C=O) groups excluding carboxylic acids is 1. The van der Waals surface area contributed by atoms with Crippen molar-refractivity contribution in [3.8, 4) is 0 Å². The van der Waals surface area contributed by atoms with Crippen molar-refractivity contribution in [2.24, 2.45) is 17.8 Å². The maximum absolute atomic E-state index is 12.9. The highest BCUT2D eigenvalue weighted by atomic mass is 16.3. The molecule has 152 valence electrons. The number of piperidine rings is 1. The Morgan fingerprint density at radius 3 is 2.46 bits per heavy atom. The third-order valence-electron chi connectivity index (χ3n) is 7.51. The summed E-state index contributed by atoms with van der Waals surface area (Å²) in [7, 11) is 0. The molecule has 1 saturated heterocycles. The molecule has 1 atom stereocenters. The van der Waals surface area contributed by atoms with Gasteiger partial charge in [0.05, 0.1) is 6.10 Å². The van der Waals surface area contributed by atoms with Crippen molar-refractivity contribution in [1.29, 1.82) is 0 Å². The molecule has 5 fully saturated rings. The molecule has 4 aliphatic carbocycles. The molecule has 6 rings (SSSR count). The predicted octanol–water partition coefficient (Wildman–Crippen LogP) is 2.03. The van der Waals surface area contributed by atoms with E-state index in [9.17, 15) is 14.7 Å². The number of pyridine rings is 1. The van der Waals surface area contributed by atoms with Gasteiger partial charge in [-0.25, -0.2) is 0 Å². The summed E-state index contributed by atoms with van der Waals surface area (Å²) >= 11 is 0. The van der Waals surface area contributed by atoms with E-state index in [-0.39, 0.29) is 28.7 Å². The number of carbonyl (C=O) groups is 1. The summed E-state index contributed by atoms with van der Waals surface area (Å²) in [5.41, 5.74) is 0.627. The summed E-state index contributed by atoms with van der Waals surface area (Å²) < 4.78 is 0. The number of likely N-dealkylation sites (tertiary alicyclic amines) is 1. The van der Waals surface area contributed by atoms with Crippen molar-refractivity contribution in [1.82, 2.24) is 15.2 Å². The molecule has 3 N–H and O–H groups in total. The number of aromatic amines is 1. The molecule has 1 amide bonds. The van der Waals surface area contributed by atoms with Crippen LogP contribution in [0.25, 0.3) is 0 Å². The number of aliphatic hydroxyl groups is 1. The van der Waals surface area contributed by atoms with Gasteiger partial charge in [-0.05, 0) is 87.8 Å². The van der Waals surface area contributed by atoms with Gasteiger partial charge in [-0.15, -0.1) is 0 Å². The number of nitrogens with zero attached hydrogens (tertiary/aromatic N) is 1. The summed E-state index contributed by atoms with van der Waals surface area (Å²) in [4.78, 5) is 30.5. The highest BCUT2D eigenvalue weighted by Crippen LogP contribution is 2.55. The lowest BCUT2D eigenvalue weighted by atomic mass is 9.53. The lowest BCUT2D eigenvalue weighted by Gasteiger charge is -2.56. The van der Waals surface area contributed by atoms with Crippen LogP contribution >= 0.6 is 0 Å². The molecule has 1 unspecified atom stereocenters. The summed E-state index contributed by atoms with van der Waals surface area (Å²) in [6.45, 7) is 2.16. The average molecular weight is 386 g/mol. The second-order valence-corrected chi connectivity index (χ2v) is 9.91. The van der Waals surface area contributed by atoms with Gasteiger partial charge in [0.25, 0.3) is 11.5 Å². The normalized spacial score (nSPS) is 37.2. The first-order chi connectivity index (χ1) is 13.5. The highest BCUT2D eigenvalue weighted by Gasteiger charge is 2.51. The number of H-pyrrole nitrogens is 1. The van der Waals surface area contributed by atoms with Crippen molar-refractivity contribution in [2.45, 2.75) is 69.6 Å². The van der Waals surface area contributed by atoms with Gasteiger partial charge >= 0.3 is 0 Å². The van der Waals surface area contributed by atoms with Crippen LogP contribution in [0.15, 0.2) is 16.9 Å². The van der Waals surface area contributed by atoms with Crippen LogP contribution in [0.3, 0.4) is 0 Å². The topological polar surface area (TPSA) is 85.4 Å². The SMILES string of the molecule is O=C(NC12CC3CC(CC(C3)C1)C2)c1ccc(CN2CCCC(O)C2)[nH]c1=O. The number of aromatic nitrogens is 1. The third-order valence-corrected chi connectivity index (χ3v) is 7.51. The number of rotatable bonds is 4. The minimum absolute atomic E-state index is 0.0825.